The fourth-order valence-corrected chi connectivity index (χ4v) is 5.74. The van der Waals surface area contributed by atoms with Gasteiger partial charge in [-0.05, 0) is 63.7 Å². The first-order valence-electron chi connectivity index (χ1n) is 12.9. The Balaban J connectivity index is 1.32. The predicted octanol–water partition coefficient (Wildman–Crippen LogP) is 4.66. The molecular formula is C26H48N4. The van der Waals surface area contributed by atoms with E-state index < -0.39 is 0 Å². The second-order valence-electron chi connectivity index (χ2n) is 10.1. The Labute approximate surface area is 187 Å². The summed E-state index contributed by atoms with van der Waals surface area (Å²) in [6.45, 7) is 25.1. The lowest BCUT2D eigenvalue weighted by Crippen LogP contribution is -2.48. The molecule has 30 heavy (non-hydrogen) atoms. The van der Waals surface area contributed by atoms with Crippen LogP contribution in [0.25, 0.3) is 0 Å². The van der Waals surface area contributed by atoms with Crippen LogP contribution < -0.4 is 0 Å². The molecule has 4 heteroatoms. The molecule has 3 saturated heterocycles. The van der Waals surface area contributed by atoms with E-state index in [2.05, 4.69) is 46.6 Å². The minimum Gasteiger partial charge on any atom is -0.371 e. The number of piperidine rings is 2. The van der Waals surface area contributed by atoms with E-state index >= 15 is 0 Å². The van der Waals surface area contributed by atoms with Crippen molar-refractivity contribution in [3.8, 4) is 0 Å². The molecule has 0 aromatic rings. The zero-order valence-electron chi connectivity index (χ0n) is 20.1. The average molecular weight is 417 g/mol. The summed E-state index contributed by atoms with van der Waals surface area (Å²) in [5.74, 6) is 1.93. The summed E-state index contributed by atoms with van der Waals surface area (Å²) in [5, 5.41) is 0. The number of hydrogen-bond donors (Lipinski definition) is 0. The molecule has 3 fully saturated rings. The summed E-state index contributed by atoms with van der Waals surface area (Å²) in [6.07, 6.45) is 11.0. The van der Waals surface area contributed by atoms with Crippen LogP contribution in [0, 0.1) is 11.8 Å². The van der Waals surface area contributed by atoms with Crippen molar-refractivity contribution in [2.24, 2.45) is 11.8 Å². The standard InChI is InChI=1S/C26H48N4/c1-5-7-25-9-13-27(14-10-25)21-23(3)29-17-19-30(20-18-29)24(4)22-28-15-11-26(8-6-2)12-16-28/h25-26H,3-22H2,1-2H3. The molecule has 3 aliphatic heterocycles. The number of hydrogen-bond acceptors (Lipinski definition) is 4. The van der Waals surface area contributed by atoms with Gasteiger partial charge < -0.3 is 9.80 Å². The Hall–Kier alpha value is -1.00. The minimum atomic E-state index is 0.964. The maximum atomic E-state index is 4.45. The first-order valence-corrected chi connectivity index (χ1v) is 12.9. The Kier molecular flexibility index (Phi) is 9.58. The van der Waals surface area contributed by atoms with Gasteiger partial charge in [0.1, 0.15) is 0 Å². The van der Waals surface area contributed by atoms with Crippen molar-refractivity contribution in [1.29, 1.82) is 0 Å². The van der Waals surface area contributed by atoms with Gasteiger partial charge in [0.05, 0.1) is 0 Å². The molecule has 0 aromatic heterocycles. The molecule has 0 atom stereocenters. The molecule has 3 heterocycles. The zero-order valence-corrected chi connectivity index (χ0v) is 20.1. The second kappa shape index (κ2) is 12.1. The van der Waals surface area contributed by atoms with Crippen LogP contribution in [-0.4, -0.2) is 85.0 Å². The van der Waals surface area contributed by atoms with E-state index in [-0.39, 0.29) is 0 Å². The molecule has 0 saturated carbocycles. The third-order valence-electron chi connectivity index (χ3n) is 7.79. The van der Waals surface area contributed by atoms with Crippen LogP contribution >= 0.6 is 0 Å². The van der Waals surface area contributed by atoms with Crippen molar-refractivity contribution >= 4 is 0 Å². The van der Waals surface area contributed by atoms with Gasteiger partial charge in [0, 0.05) is 50.7 Å². The second-order valence-corrected chi connectivity index (χ2v) is 10.1. The number of piperazine rings is 1. The van der Waals surface area contributed by atoms with Crippen LogP contribution in [0.5, 0.6) is 0 Å². The fourth-order valence-electron chi connectivity index (χ4n) is 5.74. The van der Waals surface area contributed by atoms with Crippen molar-refractivity contribution < 1.29 is 0 Å². The molecule has 0 radical (unpaired) electrons. The van der Waals surface area contributed by atoms with E-state index in [1.807, 2.05) is 0 Å². The van der Waals surface area contributed by atoms with Crippen molar-refractivity contribution in [2.45, 2.75) is 65.2 Å². The highest BCUT2D eigenvalue weighted by atomic mass is 15.3. The summed E-state index contributed by atoms with van der Waals surface area (Å²) >= 11 is 0. The third-order valence-corrected chi connectivity index (χ3v) is 7.79. The van der Waals surface area contributed by atoms with E-state index in [9.17, 15) is 0 Å². The Bertz CT molecular complexity index is 473. The molecule has 0 unspecified atom stereocenters. The molecule has 0 bridgehead atoms. The van der Waals surface area contributed by atoms with Crippen molar-refractivity contribution in [1.82, 2.24) is 19.6 Å². The highest BCUT2D eigenvalue weighted by Crippen LogP contribution is 2.24. The molecule has 4 nitrogen and oxygen atoms in total. The molecule has 0 spiro atoms. The van der Waals surface area contributed by atoms with Gasteiger partial charge in [-0.15, -0.1) is 0 Å². The lowest BCUT2D eigenvalue weighted by Gasteiger charge is -2.42. The van der Waals surface area contributed by atoms with E-state index in [0.717, 1.165) is 51.1 Å². The Morgan fingerprint density at radius 2 is 0.933 bits per heavy atom. The molecule has 0 aliphatic carbocycles. The lowest BCUT2D eigenvalue weighted by molar-refractivity contribution is 0.138. The first-order chi connectivity index (χ1) is 14.6. The van der Waals surface area contributed by atoms with Gasteiger partial charge in [-0.2, -0.15) is 0 Å². The molecule has 0 N–H and O–H groups in total. The van der Waals surface area contributed by atoms with Gasteiger partial charge in [-0.3, -0.25) is 9.80 Å². The van der Waals surface area contributed by atoms with Gasteiger partial charge >= 0.3 is 0 Å². The summed E-state index contributed by atoms with van der Waals surface area (Å²) in [5.41, 5.74) is 2.65. The molecule has 0 aromatic carbocycles. The van der Waals surface area contributed by atoms with Gasteiger partial charge in [-0.1, -0.05) is 52.7 Å². The monoisotopic (exact) mass is 416 g/mol. The highest BCUT2D eigenvalue weighted by molar-refractivity contribution is 5.04. The van der Waals surface area contributed by atoms with E-state index in [0.29, 0.717) is 0 Å². The minimum absolute atomic E-state index is 0.964. The molecule has 3 aliphatic rings. The van der Waals surface area contributed by atoms with E-state index in [1.54, 1.807) is 0 Å². The van der Waals surface area contributed by atoms with Crippen molar-refractivity contribution in [3.63, 3.8) is 0 Å². The number of likely N-dealkylation sites (tertiary alicyclic amines) is 2. The topological polar surface area (TPSA) is 13.0 Å². The SMILES string of the molecule is C=C(CN1CCC(CCC)CC1)N1CCN(C(=C)CN2CCC(CCC)CC2)CC1. The maximum absolute atomic E-state index is 4.45. The van der Waals surface area contributed by atoms with Gasteiger partial charge in [0.2, 0.25) is 0 Å². The van der Waals surface area contributed by atoms with Gasteiger partial charge in [0.15, 0.2) is 0 Å². The van der Waals surface area contributed by atoms with Crippen LogP contribution in [0.3, 0.4) is 0 Å². The number of rotatable bonds is 10. The molecule has 172 valence electrons. The van der Waals surface area contributed by atoms with Crippen molar-refractivity contribution in [2.75, 3.05) is 65.4 Å². The molecule has 3 rings (SSSR count). The van der Waals surface area contributed by atoms with E-state index in [1.165, 1.54) is 88.9 Å². The fraction of sp³-hybridized carbons (Fsp3) is 0.846. The lowest BCUT2D eigenvalue weighted by atomic mass is 9.92. The Morgan fingerprint density at radius 3 is 1.23 bits per heavy atom. The summed E-state index contributed by atoms with van der Waals surface area (Å²) in [6, 6.07) is 0. The van der Waals surface area contributed by atoms with Crippen LogP contribution in [0.15, 0.2) is 24.6 Å². The van der Waals surface area contributed by atoms with Crippen molar-refractivity contribution in [3.05, 3.63) is 24.6 Å². The van der Waals surface area contributed by atoms with Crippen LogP contribution in [0.1, 0.15) is 65.2 Å². The summed E-state index contributed by atoms with van der Waals surface area (Å²) in [7, 11) is 0. The maximum Gasteiger partial charge on any atom is 0.0377 e. The summed E-state index contributed by atoms with van der Waals surface area (Å²) in [4.78, 5) is 10.3. The van der Waals surface area contributed by atoms with E-state index in [4.69, 9.17) is 0 Å². The van der Waals surface area contributed by atoms with Crippen LogP contribution in [0.4, 0.5) is 0 Å². The molecule has 0 amide bonds. The van der Waals surface area contributed by atoms with Gasteiger partial charge in [-0.25, -0.2) is 0 Å². The number of nitrogens with zero attached hydrogens (tertiary/aromatic N) is 4. The zero-order chi connectivity index (χ0) is 21.3. The normalized spacial score (nSPS) is 23.1. The predicted molar refractivity (Wildman–Crippen MR) is 130 cm³/mol. The largest absolute Gasteiger partial charge is 0.371 e. The average Bonchev–Trinajstić information content (AvgIpc) is 2.77. The van der Waals surface area contributed by atoms with Crippen LogP contribution in [-0.2, 0) is 0 Å². The molecular weight excluding hydrogens is 368 g/mol. The highest BCUT2D eigenvalue weighted by Gasteiger charge is 2.24. The third kappa shape index (κ3) is 7.02. The van der Waals surface area contributed by atoms with Gasteiger partial charge in [0.25, 0.3) is 0 Å². The van der Waals surface area contributed by atoms with Crippen LogP contribution in [0.2, 0.25) is 0 Å². The first kappa shape index (κ1) is 23.7. The smallest absolute Gasteiger partial charge is 0.0377 e. The quantitative estimate of drug-likeness (QED) is 0.514. The Morgan fingerprint density at radius 1 is 0.600 bits per heavy atom. The summed E-state index contributed by atoms with van der Waals surface area (Å²) < 4.78 is 0.